The second-order valence-electron chi connectivity index (χ2n) is 4.42. The summed E-state index contributed by atoms with van der Waals surface area (Å²) < 4.78 is 41.3. The van der Waals surface area contributed by atoms with E-state index in [9.17, 15) is 13.2 Å². The lowest BCUT2D eigenvalue weighted by atomic mass is 10.1. The van der Waals surface area contributed by atoms with Gasteiger partial charge in [-0.2, -0.15) is 0 Å². The first-order valence-electron chi connectivity index (χ1n) is 5.52. The van der Waals surface area contributed by atoms with Gasteiger partial charge in [0.15, 0.2) is 23.3 Å². The second-order valence-corrected chi connectivity index (χ2v) is 4.42. The van der Waals surface area contributed by atoms with Gasteiger partial charge in [-0.25, -0.2) is 13.2 Å². The highest BCUT2D eigenvalue weighted by Gasteiger charge is 2.18. The molecule has 0 bridgehead atoms. The minimum atomic E-state index is -1.49. The van der Waals surface area contributed by atoms with Crippen molar-refractivity contribution in [3.8, 4) is 11.4 Å². The zero-order valence-electron chi connectivity index (χ0n) is 9.99. The molecule has 0 radical (unpaired) electrons. The van der Waals surface area contributed by atoms with Gasteiger partial charge in [0.1, 0.15) is 6.33 Å². The van der Waals surface area contributed by atoms with Gasteiger partial charge in [0.05, 0.1) is 5.56 Å². The molecular weight excluding hydrogens is 243 g/mol. The molecule has 0 aliphatic carbocycles. The highest BCUT2D eigenvalue weighted by molar-refractivity contribution is 5.56. The Morgan fingerprint density at radius 2 is 1.89 bits per heavy atom. The van der Waals surface area contributed by atoms with Crippen molar-refractivity contribution in [1.29, 1.82) is 0 Å². The Kier molecular flexibility index (Phi) is 3.36. The van der Waals surface area contributed by atoms with Crippen LogP contribution in [0.3, 0.4) is 0 Å². The molecule has 0 amide bonds. The predicted molar refractivity (Wildman–Crippen MR) is 60.2 cm³/mol. The standard InChI is InChI=1S/C12H12F3N3/c1-7(2)5-18-6-16-17-12(18)8-3-4-9(13)11(15)10(8)14/h3-4,6-7H,5H2,1-2H3. The summed E-state index contributed by atoms with van der Waals surface area (Å²) in [5, 5.41) is 7.43. The molecule has 0 saturated heterocycles. The van der Waals surface area contributed by atoms with Gasteiger partial charge in [-0.15, -0.1) is 10.2 Å². The Morgan fingerprint density at radius 1 is 1.17 bits per heavy atom. The molecule has 0 N–H and O–H groups in total. The van der Waals surface area contributed by atoms with Crippen LogP contribution in [-0.2, 0) is 6.54 Å². The van der Waals surface area contributed by atoms with Crippen molar-refractivity contribution in [2.24, 2.45) is 5.92 Å². The SMILES string of the molecule is CC(C)Cn1cnnc1-c1ccc(F)c(F)c1F. The van der Waals surface area contributed by atoms with Crippen LogP contribution in [-0.4, -0.2) is 14.8 Å². The van der Waals surface area contributed by atoms with Crippen molar-refractivity contribution in [3.63, 3.8) is 0 Å². The number of halogens is 3. The summed E-state index contributed by atoms with van der Waals surface area (Å²) in [6.45, 7) is 4.53. The highest BCUT2D eigenvalue weighted by Crippen LogP contribution is 2.24. The van der Waals surface area contributed by atoms with Crippen LogP contribution >= 0.6 is 0 Å². The smallest absolute Gasteiger partial charge is 0.195 e. The predicted octanol–water partition coefficient (Wildman–Crippen LogP) is 3.02. The van der Waals surface area contributed by atoms with Crippen LogP contribution in [0.25, 0.3) is 11.4 Å². The fourth-order valence-corrected chi connectivity index (χ4v) is 1.69. The molecule has 0 fully saturated rings. The van der Waals surface area contributed by atoms with Gasteiger partial charge in [-0.3, -0.25) is 0 Å². The maximum atomic E-state index is 13.6. The number of rotatable bonds is 3. The molecule has 18 heavy (non-hydrogen) atoms. The molecule has 6 heteroatoms. The van der Waals surface area contributed by atoms with Crippen molar-refractivity contribution in [2.75, 3.05) is 0 Å². The van der Waals surface area contributed by atoms with Gasteiger partial charge in [-0.1, -0.05) is 13.8 Å². The summed E-state index contributed by atoms with van der Waals surface area (Å²) >= 11 is 0. The zero-order valence-corrected chi connectivity index (χ0v) is 9.99. The monoisotopic (exact) mass is 255 g/mol. The van der Waals surface area contributed by atoms with E-state index in [0.717, 1.165) is 12.1 Å². The number of hydrogen-bond donors (Lipinski definition) is 0. The number of nitrogens with zero attached hydrogens (tertiary/aromatic N) is 3. The van der Waals surface area contributed by atoms with E-state index in [1.165, 1.54) is 6.33 Å². The molecule has 1 aromatic heterocycles. The van der Waals surface area contributed by atoms with E-state index in [2.05, 4.69) is 10.2 Å². The van der Waals surface area contributed by atoms with E-state index in [1.807, 2.05) is 13.8 Å². The molecule has 1 heterocycles. The summed E-state index contributed by atoms with van der Waals surface area (Å²) in [5.74, 6) is -3.46. The fraction of sp³-hybridized carbons (Fsp3) is 0.333. The molecule has 0 spiro atoms. The van der Waals surface area contributed by atoms with E-state index in [-0.39, 0.29) is 11.4 Å². The summed E-state index contributed by atoms with van der Waals surface area (Å²) in [4.78, 5) is 0. The highest BCUT2D eigenvalue weighted by atomic mass is 19.2. The van der Waals surface area contributed by atoms with Gasteiger partial charge < -0.3 is 4.57 Å². The molecule has 0 unspecified atom stereocenters. The lowest BCUT2D eigenvalue weighted by Gasteiger charge is -2.10. The molecule has 0 atom stereocenters. The van der Waals surface area contributed by atoms with Crippen LogP contribution < -0.4 is 0 Å². The first-order chi connectivity index (χ1) is 8.50. The van der Waals surface area contributed by atoms with Crippen molar-refractivity contribution in [1.82, 2.24) is 14.8 Å². The Labute approximate surface area is 102 Å². The van der Waals surface area contributed by atoms with Crippen LogP contribution in [0.5, 0.6) is 0 Å². The maximum Gasteiger partial charge on any atom is 0.195 e. The largest absolute Gasteiger partial charge is 0.313 e. The molecule has 2 rings (SSSR count). The second kappa shape index (κ2) is 4.80. The Balaban J connectivity index is 2.49. The van der Waals surface area contributed by atoms with E-state index in [1.54, 1.807) is 4.57 Å². The van der Waals surface area contributed by atoms with Gasteiger partial charge in [0.25, 0.3) is 0 Å². The lowest BCUT2D eigenvalue weighted by molar-refractivity contribution is 0.447. The van der Waals surface area contributed by atoms with Crippen LogP contribution in [0, 0.1) is 23.4 Å². The third-order valence-electron chi connectivity index (χ3n) is 2.45. The van der Waals surface area contributed by atoms with E-state index >= 15 is 0 Å². The normalized spacial score (nSPS) is 11.2. The van der Waals surface area contributed by atoms with Crippen LogP contribution in [0.15, 0.2) is 18.5 Å². The van der Waals surface area contributed by atoms with Crippen LogP contribution in [0.1, 0.15) is 13.8 Å². The van der Waals surface area contributed by atoms with Crippen LogP contribution in [0.4, 0.5) is 13.2 Å². The molecule has 96 valence electrons. The summed E-state index contributed by atoms with van der Waals surface area (Å²) in [7, 11) is 0. The van der Waals surface area contributed by atoms with E-state index in [4.69, 9.17) is 0 Å². The van der Waals surface area contributed by atoms with Gasteiger partial charge in [0.2, 0.25) is 0 Å². The van der Waals surface area contributed by atoms with Gasteiger partial charge in [0, 0.05) is 6.54 Å². The minimum absolute atomic E-state index is 0.0907. The van der Waals surface area contributed by atoms with Crippen molar-refractivity contribution >= 4 is 0 Å². The van der Waals surface area contributed by atoms with E-state index in [0.29, 0.717) is 12.5 Å². The Bertz CT molecular complexity index is 564. The molecule has 0 aliphatic heterocycles. The first-order valence-corrected chi connectivity index (χ1v) is 5.52. The quantitative estimate of drug-likeness (QED) is 0.789. The topological polar surface area (TPSA) is 30.7 Å². The van der Waals surface area contributed by atoms with E-state index < -0.39 is 17.5 Å². The summed E-state index contributed by atoms with van der Waals surface area (Å²) in [6.07, 6.45) is 1.44. The molecule has 2 aromatic rings. The van der Waals surface area contributed by atoms with Crippen molar-refractivity contribution in [2.45, 2.75) is 20.4 Å². The van der Waals surface area contributed by atoms with Crippen molar-refractivity contribution in [3.05, 3.63) is 35.9 Å². The fourth-order valence-electron chi connectivity index (χ4n) is 1.69. The number of benzene rings is 1. The van der Waals surface area contributed by atoms with Gasteiger partial charge >= 0.3 is 0 Å². The number of aromatic nitrogens is 3. The van der Waals surface area contributed by atoms with Crippen molar-refractivity contribution < 1.29 is 13.2 Å². The number of hydrogen-bond acceptors (Lipinski definition) is 2. The molecule has 0 aliphatic rings. The van der Waals surface area contributed by atoms with Gasteiger partial charge in [-0.05, 0) is 18.1 Å². The third-order valence-corrected chi connectivity index (χ3v) is 2.45. The molecular formula is C12H12F3N3. The summed E-state index contributed by atoms with van der Waals surface area (Å²) in [5.41, 5.74) is -0.0907. The Morgan fingerprint density at radius 3 is 2.56 bits per heavy atom. The molecule has 0 saturated carbocycles. The average molecular weight is 255 g/mol. The maximum absolute atomic E-state index is 13.6. The molecule has 1 aromatic carbocycles. The minimum Gasteiger partial charge on any atom is -0.313 e. The lowest BCUT2D eigenvalue weighted by Crippen LogP contribution is -2.06. The average Bonchev–Trinajstić information content (AvgIpc) is 2.73. The Hall–Kier alpha value is -1.85. The molecule has 3 nitrogen and oxygen atoms in total. The zero-order chi connectivity index (χ0) is 13.3. The third kappa shape index (κ3) is 2.23. The summed E-state index contributed by atoms with van der Waals surface area (Å²) in [6, 6.07) is 2.04. The first kappa shape index (κ1) is 12.6. The van der Waals surface area contributed by atoms with Crippen LogP contribution in [0.2, 0.25) is 0 Å².